The molecule has 1 aromatic heterocycles. The largest absolute Gasteiger partial charge is 0.336 e. The molecule has 0 radical (unpaired) electrons. The molecule has 118 valence electrons. The lowest BCUT2D eigenvalue weighted by Crippen LogP contribution is -2.30. The van der Waals surface area contributed by atoms with Crippen LogP contribution in [0, 0.1) is 0 Å². The Kier molecular flexibility index (Phi) is 5.61. The molecule has 3 rings (SSSR count). The summed E-state index contributed by atoms with van der Waals surface area (Å²) in [5, 5.41) is 10.5. The van der Waals surface area contributed by atoms with E-state index in [2.05, 4.69) is 31.4 Å². The average Bonchev–Trinajstić information content (AvgIpc) is 2.92. The van der Waals surface area contributed by atoms with Crippen molar-refractivity contribution < 1.29 is 4.79 Å². The minimum atomic E-state index is -0.0491. The van der Waals surface area contributed by atoms with Gasteiger partial charge < -0.3 is 10.2 Å². The molecule has 0 saturated carbocycles. The zero-order valence-electron chi connectivity index (χ0n) is 12.2. The molecular weight excluding hydrogens is 368 g/mol. The maximum atomic E-state index is 12.6. The second-order valence-electron chi connectivity index (χ2n) is 5.21. The zero-order valence-corrected chi connectivity index (χ0v) is 14.6. The van der Waals surface area contributed by atoms with Crippen molar-refractivity contribution in [3.05, 3.63) is 51.3 Å². The SMILES string of the molecule is CN(Cc1ccccc1Br)C(=O)c1n[nH]c2c1CNCC2.Cl. The van der Waals surface area contributed by atoms with Crippen LogP contribution in [0.25, 0.3) is 0 Å². The first kappa shape index (κ1) is 17.0. The topological polar surface area (TPSA) is 61.0 Å². The highest BCUT2D eigenvalue weighted by Gasteiger charge is 2.24. The highest BCUT2D eigenvalue weighted by atomic mass is 79.9. The van der Waals surface area contributed by atoms with Gasteiger partial charge in [-0.15, -0.1) is 12.4 Å². The first-order valence-electron chi connectivity index (χ1n) is 6.92. The summed E-state index contributed by atoms with van der Waals surface area (Å²) in [7, 11) is 1.80. The number of carbonyl (C=O) groups is 1. The first-order chi connectivity index (χ1) is 10.2. The fourth-order valence-corrected chi connectivity index (χ4v) is 2.95. The number of rotatable bonds is 3. The Labute approximate surface area is 144 Å². The lowest BCUT2D eigenvalue weighted by atomic mass is 10.1. The average molecular weight is 386 g/mol. The molecule has 0 aliphatic carbocycles. The monoisotopic (exact) mass is 384 g/mol. The lowest BCUT2D eigenvalue weighted by Gasteiger charge is -2.19. The lowest BCUT2D eigenvalue weighted by molar-refractivity contribution is 0.0777. The van der Waals surface area contributed by atoms with Gasteiger partial charge in [0.1, 0.15) is 0 Å². The van der Waals surface area contributed by atoms with Crippen LogP contribution >= 0.6 is 28.3 Å². The van der Waals surface area contributed by atoms with Crippen LogP contribution in [-0.4, -0.2) is 34.6 Å². The number of hydrogen-bond donors (Lipinski definition) is 2. The van der Waals surface area contributed by atoms with E-state index in [1.807, 2.05) is 24.3 Å². The van der Waals surface area contributed by atoms with E-state index in [9.17, 15) is 4.79 Å². The van der Waals surface area contributed by atoms with Crippen molar-refractivity contribution in [3.8, 4) is 0 Å². The van der Waals surface area contributed by atoms with Crippen LogP contribution < -0.4 is 5.32 Å². The number of aromatic amines is 1. The zero-order chi connectivity index (χ0) is 14.8. The predicted octanol–water partition coefficient (Wildman–Crippen LogP) is 2.51. The molecule has 0 unspecified atom stereocenters. The molecule has 5 nitrogen and oxygen atoms in total. The summed E-state index contributed by atoms with van der Waals surface area (Å²) in [5.74, 6) is -0.0491. The molecule has 1 aliphatic heterocycles. The fraction of sp³-hybridized carbons (Fsp3) is 0.333. The minimum Gasteiger partial charge on any atom is -0.336 e. The summed E-state index contributed by atoms with van der Waals surface area (Å²) in [6, 6.07) is 7.92. The van der Waals surface area contributed by atoms with Gasteiger partial charge in [-0.2, -0.15) is 5.10 Å². The van der Waals surface area contributed by atoms with Gasteiger partial charge in [-0.05, 0) is 11.6 Å². The summed E-state index contributed by atoms with van der Waals surface area (Å²) in [4.78, 5) is 14.3. The molecule has 2 heterocycles. The highest BCUT2D eigenvalue weighted by molar-refractivity contribution is 9.10. The second kappa shape index (κ2) is 7.26. The number of aromatic nitrogens is 2. The molecule has 2 aromatic rings. The standard InChI is InChI=1S/C15H17BrN4O.ClH/c1-20(9-10-4-2-3-5-12(10)16)15(21)14-11-8-17-7-6-13(11)18-19-14;/h2-5,17H,6-9H2,1H3,(H,18,19);1H. The first-order valence-corrected chi connectivity index (χ1v) is 7.72. The third kappa shape index (κ3) is 3.34. The molecule has 0 saturated heterocycles. The molecule has 7 heteroatoms. The third-order valence-electron chi connectivity index (χ3n) is 3.72. The van der Waals surface area contributed by atoms with Gasteiger partial charge in [-0.3, -0.25) is 9.89 Å². The summed E-state index contributed by atoms with van der Waals surface area (Å²) >= 11 is 3.51. The Balaban J connectivity index is 0.00000176. The minimum absolute atomic E-state index is 0. The summed E-state index contributed by atoms with van der Waals surface area (Å²) in [5.41, 5.74) is 3.69. The third-order valence-corrected chi connectivity index (χ3v) is 4.49. The maximum Gasteiger partial charge on any atom is 0.274 e. The van der Waals surface area contributed by atoms with E-state index >= 15 is 0 Å². The van der Waals surface area contributed by atoms with Crippen molar-refractivity contribution in [2.75, 3.05) is 13.6 Å². The molecule has 22 heavy (non-hydrogen) atoms. The number of fused-ring (bicyclic) bond motifs is 1. The van der Waals surface area contributed by atoms with Crippen LogP contribution in [-0.2, 0) is 19.5 Å². The van der Waals surface area contributed by atoms with E-state index in [1.54, 1.807) is 11.9 Å². The summed E-state index contributed by atoms with van der Waals surface area (Å²) in [6.07, 6.45) is 0.892. The molecule has 0 atom stereocenters. The second-order valence-corrected chi connectivity index (χ2v) is 6.06. The van der Waals surface area contributed by atoms with Crippen LogP contribution in [0.2, 0.25) is 0 Å². The van der Waals surface area contributed by atoms with Gasteiger partial charge in [0, 0.05) is 48.8 Å². The van der Waals surface area contributed by atoms with Crippen LogP contribution in [0.5, 0.6) is 0 Å². The molecule has 1 amide bonds. The van der Waals surface area contributed by atoms with Crippen LogP contribution in [0.15, 0.2) is 28.7 Å². The number of benzene rings is 1. The van der Waals surface area contributed by atoms with Gasteiger partial charge >= 0.3 is 0 Å². The van der Waals surface area contributed by atoms with Crippen molar-refractivity contribution in [2.24, 2.45) is 0 Å². The fourth-order valence-electron chi connectivity index (χ4n) is 2.54. The molecule has 0 spiro atoms. The smallest absolute Gasteiger partial charge is 0.274 e. The van der Waals surface area contributed by atoms with Gasteiger partial charge in [0.05, 0.1) is 0 Å². The predicted molar refractivity (Wildman–Crippen MR) is 91.2 cm³/mol. The molecule has 0 fully saturated rings. The number of nitrogens with zero attached hydrogens (tertiary/aromatic N) is 2. The van der Waals surface area contributed by atoms with Gasteiger partial charge in [0.2, 0.25) is 0 Å². The maximum absolute atomic E-state index is 12.6. The van der Waals surface area contributed by atoms with Crippen molar-refractivity contribution in [3.63, 3.8) is 0 Å². The molecule has 2 N–H and O–H groups in total. The summed E-state index contributed by atoms with van der Waals surface area (Å²) < 4.78 is 1.01. The number of nitrogens with one attached hydrogen (secondary N) is 2. The van der Waals surface area contributed by atoms with Crippen molar-refractivity contribution in [1.29, 1.82) is 0 Å². The molecule has 1 aromatic carbocycles. The Morgan fingerprint density at radius 2 is 2.18 bits per heavy atom. The van der Waals surface area contributed by atoms with Gasteiger partial charge in [0.15, 0.2) is 5.69 Å². The van der Waals surface area contributed by atoms with E-state index in [1.165, 1.54) is 0 Å². The van der Waals surface area contributed by atoms with Crippen LogP contribution in [0.1, 0.15) is 27.3 Å². The van der Waals surface area contributed by atoms with Gasteiger partial charge in [-0.25, -0.2) is 0 Å². The van der Waals surface area contributed by atoms with Gasteiger partial charge in [0.25, 0.3) is 5.91 Å². The van der Waals surface area contributed by atoms with E-state index in [-0.39, 0.29) is 18.3 Å². The number of halogens is 2. The van der Waals surface area contributed by atoms with Crippen molar-refractivity contribution in [1.82, 2.24) is 20.4 Å². The number of hydrogen-bond acceptors (Lipinski definition) is 3. The van der Waals surface area contributed by atoms with E-state index < -0.39 is 0 Å². The Bertz CT molecular complexity index is 673. The van der Waals surface area contributed by atoms with Crippen molar-refractivity contribution >= 4 is 34.2 Å². The molecular formula is C15H18BrClN4O. The Morgan fingerprint density at radius 3 is 2.95 bits per heavy atom. The van der Waals surface area contributed by atoms with Crippen molar-refractivity contribution in [2.45, 2.75) is 19.5 Å². The number of carbonyl (C=O) groups excluding carboxylic acids is 1. The quantitative estimate of drug-likeness (QED) is 0.853. The molecule has 1 aliphatic rings. The summed E-state index contributed by atoms with van der Waals surface area (Å²) in [6.45, 7) is 2.18. The number of amides is 1. The molecule has 0 bridgehead atoms. The Hall–Kier alpha value is -1.37. The van der Waals surface area contributed by atoms with E-state index in [0.29, 0.717) is 18.8 Å². The highest BCUT2D eigenvalue weighted by Crippen LogP contribution is 2.20. The van der Waals surface area contributed by atoms with E-state index in [4.69, 9.17) is 0 Å². The Morgan fingerprint density at radius 1 is 1.41 bits per heavy atom. The van der Waals surface area contributed by atoms with Gasteiger partial charge in [-0.1, -0.05) is 34.1 Å². The van der Waals surface area contributed by atoms with Crippen LogP contribution in [0.4, 0.5) is 0 Å². The van der Waals surface area contributed by atoms with Crippen LogP contribution in [0.3, 0.4) is 0 Å². The normalized spacial score (nSPS) is 13.2. The number of H-pyrrole nitrogens is 1. The van der Waals surface area contributed by atoms with E-state index in [0.717, 1.165) is 34.3 Å².